The highest BCUT2D eigenvalue weighted by Gasteiger charge is 2.57. The van der Waals surface area contributed by atoms with Crippen LogP contribution in [-0.4, -0.2) is 199 Å². The van der Waals surface area contributed by atoms with E-state index in [1.165, 1.54) is 19.1 Å². The number of urea groups is 1. The van der Waals surface area contributed by atoms with Gasteiger partial charge in [-0.15, -0.1) is 6.58 Å². The third-order valence-corrected chi connectivity index (χ3v) is 20.0. The van der Waals surface area contributed by atoms with Gasteiger partial charge in [0.25, 0.3) is 17.6 Å². The molecule has 6 rings (SSSR count). The third kappa shape index (κ3) is 20.5. The summed E-state index contributed by atoms with van der Waals surface area (Å²) in [5.41, 5.74) is 1.96. The van der Waals surface area contributed by atoms with Gasteiger partial charge in [-0.05, 0) is 121 Å². The number of rotatable bonds is 24. The number of Topliss-reactive ketones (excluding diaryl/α,β-unsaturated/α-hetero) is 1. The highest BCUT2D eigenvalue weighted by Crippen LogP contribution is 2.40. The second-order valence-electron chi connectivity index (χ2n) is 25.4. The van der Waals surface area contributed by atoms with Crippen LogP contribution in [0.4, 0.5) is 4.79 Å². The number of esters is 1. The van der Waals surface area contributed by atoms with E-state index in [9.17, 15) is 48.9 Å². The second kappa shape index (κ2) is 35.6. The van der Waals surface area contributed by atoms with E-state index < -0.39 is 102 Å². The molecule has 5 fully saturated rings. The summed E-state index contributed by atoms with van der Waals surface area (Å²) in [7, 11) is 4.59. The van der Waals surface area contributed by atoms with Crippen molar-refractivity contribution in [2.45, 2.75) is 229 Å². The summed E-state index contributed by atoms with van der Waals surface area (Å²) in [5, 5.41) is 54.8. The maximum atomic E-state index is 14.8. The van der Waals surface area contributed by atoms with Gasteiger partial charge in [-0.25, -0.2) is 9.59 Å². The van der Waals surface area contributed by atoms with Crippen molar-refractivity contribution in [3.05, 3.63) is 36.0 Å². The summed E-state index contributed by atoms with van der Waals surface area (Å²) in [6, 6.07) is -0.944. The summed E-state index contributed by atoms with van der Waals surface area (Å²) in [6.45, 7) is 13.7. The van der Waals surface area contributed by atoms with Gasteiger partial charge in [0.1, 0.15) is 18.2 Å². The van der Waals surface area contributed by atoms with Crippen molar-refractivity contribution in [2.24, 2.45) is 34.7 Å². The molecule has 88 heavy (non-hydrogen) atoms. The number of fused-ring (bicyclic) bond motifs is 4. The number of thioether (sulfide) groups is 1. The SMILES string of the molecule is C=CC[C@@H]1/C=C(/C)C[C@H](C)C[C@H](OC)[C@H]2O[C@@](O)(C(=O)C(=O)N3CCCC[C@H]3C(=O)O[C@H](/C(C)=C/[C@@H]3CC[C@@H](O)[C@H](OC)C3)[C@H](C)[C@@H](O)C/C1=N/OCC(=O)NCCNC(=O)CCCCCNC(=O)CCCC[C@@H]1SC[C@@H]3NC(=O)N[C@@H]31)[C@H](C)C[C@@H]2OC. The molecule has 0 radical (unpaired) electrons. The van der Waals surface area contributed by atoms with Gasteiger partial charge < -0.3 is 75.3 Å². The average molecular weight is 1260 g/mol. The van der Waals surface area contributed by atoms with E-state index in [0.29, 0.717) is 93.7 Å². The molecule has 1 aliphatic carbocycles. The lowest BCUT2D eigenvalue weighted by Crippen LogP contribution is -2.64. The van der Waals surface area contributed by atoms with E-state index >= 15 is 0 Å². The van der Waals surface area contributed by atoms with Crippen LogP contribution in [0.5, 0.6) is 0 Å². The molecular formula is C64H103N7O16S. The highest BCUT2D eigenvalue weighted by atomic mass is 32.2. The van der Waals surface area contributed by atoms with Crippen LogP contribution in [0.1, 0.15) is 157 Å². The van der Waals surface area contributed by atoms with Crippen LogP contribution in [0.25, 0.3) is 0 Å². The van der Waals surface area contributed by atoms with Gasteiger partial charge in [-0.1, -0.05) is 62.6 Å². The number of methoxy groups -OCH3 is 3. The Bertz CT molecular complexity index is 2450. The summed E-state index contributed by atoms with van der Waals surface area (Å²) in [6.07, 6.45) is 9.93. The molecule has 496 valence electrons. The van der Waals surface area contributed by atoms with Crippen molar-refractivity contribution in [1.29, 1.82) is 0 Å². The number of ketones is 1. The molecule has 5 heterocycles. The average Bonchev–Trinajstić information content (AvgIpc) is 1.05. The molecule has 0 aromatic heterocycles. The fourth-order valence-corrected chi connectivity index (χ4v) is 15.0. The smallest absolute Gasteiger partial charge is 0.329 e. The molecule has 0 aromatic rings. The molecule has 4 saturated heterocycles. The van der Waals surface area contributed by atoms with Crippen molar-refractivity contribution >= 4 is 58.9 Å². The Morgan fingerprint density at radius 3 is 2.23 bits per heavy atom. The van der Waals surface area contributed by atoms with E-state index in [1.54, 1.807) is 27.0 Å². The number of nitrogens with one attached hydrogen (secondary N) is 5. The normalized spacial score (nSPS) is 34.8. The summed E-state index contributed by atoms with van der Waals surface area (Å²) < 4.78 is 30.3. The fraction of sp³-hybridized carbons (Fsp3) is 0.781. The van der Waals surface area contributed by atoms with E-state index in [-0.39, 0.29) is 80.7 Å². The summed E-state index contributed by atoms with van der Waals surface area (Å²) >= 11 is 1.87. The lowest BCUT2D eigenvalue weighted by Gasteiger charge is -2.47. The first-order valence-corrected chi connectivity index (χ1v) is 33.2. The fourth-order valence-electron chi connectivity index (χ4n) is 13.4. The van der Waals surface area contributed by atoms with Crippen LogP contribution in [-0.2, 0) is 57.3 Å². The maximum absolute atomic E-state index is 14.8. The number of carbonyl (C=O) groups is 7. The lowest BCUT2D eigenvalue weighted by molar-refractivity contribution is -0.302. The number of oxime groups is 1. The zero-order valence-electron chi connectivity index (χ0n) is 53.3. The Hall–Kier alpha value is -4.95. The van der Waals surface area contributed by atoms with Gasteiger partial charge in [0, 0.05) is 95.5 Å². The number of aliphatic hydroxyl groups excluding tert-OH is 2. The van der Waals surface area contributed by atoms with Crippen LogP contribution in [0.15, 0.2) is 41.1 Å². The number of amides is 6. The van der Waals surface area contributed by atoms with Crippen LogP contribution in [0, 0.1) is 29.6 Å². The minimum Gasteiger partial charge on any atom is -0.456 e. The number of hydrogen-bond donors (Lipinski definition) is 8. The highest BCUT2D eigenvalue weighted by molar-refractivity contribution is 8.00. The first-order chi connectivity index (χ1) is 42.1. The molecule has 5 aliphatic heterocycles. The molecule has 24 heteroatoms. The van der Waals surface area contributed by atoms with Gasteiger partial charge in [-0.2, -0.15) is 11.8 Å². The van der Waals surface area contributed by atoms with Crippen molar-refractivity contribution in [2.75, 3.05) is 59.9 Å². The number of ether oxygens (including phenoxy) is 5. The Balaban J connectivity index is 1.11. The number of unbranched alkanes of at least 4 members (excludes halogenated alkanes) is 3. The lowest BCUT2D eigenvalue weighted by atomic mass is 9.81. The molecule has 23 nitrogen and oxygen atoms in total. The molecule has 2 bridgehead atoms. The number of hydrogen-bond acceptors (Lipinski definition) is 18. The van der Waals surface area contributed by atoms with Crippen molar-refractivity contribution < 1.29 is 77.4 Å². The van der Waals surface area contributed by atoms with Crippen molar-refractivity contribution in [1.82, 2.24) is 31.5 Å². The molecule has 0 spiro atoms. The van der Waals surface area contributed by atoms with E-state index in [0.717, 1.165) is 43.4 Å². The zero-order valence-corrected chi connectivity index (χ0v) is 54.1. The number of cyclic esters (lactones) is 1. The molecule has 6 amide bonds. The Morgan fingerprint density at radius 1 is 0.841 bits per heavy atom. The van der Waals surface area contributed by atoms with Crippen molar-refractivity contribution in [3.8, 4) is 0 Å². The minimum atomic E-state index is -2.57. The number of aliphatic hydroxyl groups is 3. The van der Waals surface area contributed by atoms with Crippen LogP contribution in [0.2, 0.25) is 0 Å². The maximum Gasteiger partial charge on any atom is 0.329 e. The van der Waals surface area contributed by atoms with Gasteiger partial charge in [0.15, 0.2) is 6.61 Å². The molecule has 6 aliphatic rings. The zero-order chi connectivity index (χ0) is 64.1. The molecule has 1 saturated carbocycles. The van der Waals surface area contributed by atoms with Gasteiger partial charge in [-0.3, -0.25) is 24.0 Å². The number of carbonyl (C=O) groups excluding carboxylic acids is 7. The Kier molecular flexibility index (Phi) is 29.2. The predicted octanol–water partition coefficient (Wildman–Crippen LogP) is 5.08. The molecule has 0 unspecified atom stereocenters. The predicted molar refractivity (Wildman–Crippen MR) is 332 cm³/mol. The first-order valence-electron chi connectivity index (χ1n) is 32.1. The molecule has 17 atom stereocenters. The van der Waals surface area contributed by atoms with Gasteiger partial charge in [0.05, 0.1) is 48.3 Å². The second-order valence-corrected chi connectivity index (χ2v) is 26.7. The van der Waals surface area contributed by atoms with Crippen LogP contribution in [0.3, 0.4) is 0 Å². The summed E-state index contributed by atoms with van der Waals surface area (Å²) in [4.78, 5) is 101. The largest absolute Gasteiger partial charge is 0.456 e. The van der Waals surface area contributed by atoms with Crippen LogP contribution >= 0.6 is 11.8 Å². The standard InChI is InChI=1S/C64H103N7O16S/c1-10-18-44-30-38(2)29-39(3)31-51(83-8)59-52(84-9)33-41(5)64(81,87-59)60(77)61(78)71-28-17-15-19-47(71)62(79)86-58(40(4)32-43-23-24-48(72)50(34-43)82-7)42(6)49(73)35-45(44)70-85-36-56(76)67-27-26-66-55(75)21-12-11-16-25-65-54(74)22-14-13-20-53-57-46(37-88-53)68-63(80)69-57/h10,30,32,39,41-44,46-53,57-59,72-73,81H,1,11-29,31,33-37H2,2-9H3,(H,65,74)(H,66,75)(H,67,76)(H2,68,69,80)/b38-30-,40-32+,70-45-/t39-,41+,42+,43-,44+,46-,47-,48+,49-,50+,51-,52-,53-,57-,58+,59+,64+/m0/s1. The molecular weight excluding hydrogens is 1150 g/mol. The first kappa shape index (κ1) is 72.1. The monoisotopic (exact) mass is 1260 g/mol. The van der Waals surface area contributed by atoms with Gasteiger partial charge >= 0.3 is 12.0 Å². The number of piperidine rings is 1. The van der Waals surface area contributed by atoms with E-state index in [2.05, 4.69) is 38.3 Å². The van der Waals surface area contributed by atoms with E-state index in [4.69, 9.17) is 28.5 Å². The number of nitrogens with zero attached hydrogens (tertiary/aromatic N) is 2. The Labute approximate surface area is 524 Å². The van der Waals surface area contributed by atoms with Crippen molar-refractivity contribution in [3.63, 3.8) is 0 Å². The number of allylic oxidation sites excluding steroid dienone is 4. The van der Waals surface area contributed by atoms with Gasteiger partial charge in [0.2, 0.25) is 17.6 Å². The quantitative estimate of drug-likeness (QED) is 0.0156. The topological polar surface area (TPSA) is 311 Å². The molecule has 0 aromatic carbocycles. The summed E-state index contributed by atoms with van der Waals surface area (Å²) in [5.74, 6) is -7.66. The molecule has 8 N–H and O–H groups in total. The van der Waals surface area contributed by atoms with E-state index in [1.807, 2.05) is 44.7 Å². The Morgan fingerprint density at radius 2 is 1.52 bits per heavy atom. The van der Waals surface area contributed by atoms with Crippen LogP contribution < -0.4 is 26.6 Å². The third-order valence-electron chi connectivity index (χ3n) is 18.5. The minimum absolute atomic E-state index is 0.0136.